The first-order chi connectivity index (χ1) is 9.99. The Balaban J connectivity index is 1.77. The lowest BCUT2D eigenvalue weighted by atomic mass is 9.85. The van der Waals surface area contributed by atoms with Crippen LogP contribution in [0.3, 0.4) is 0 Å². The highest BCUT2D eigenvalue weighted by molar-refractivity contribution is 9.10. The molecule has 0 heterocycles. The number of likely N-dealkylation sites (N-methyl/N-ethyl adjacent to an activating group) is 1. The highest BCUT2D eigenvalue weighted by Gasteiger charge is 2.33. The number of aliphatic carboxylic acids is 1. The van der Waals surface area contributed by atoms with Crippen molar-refractivity contribution in [1.82, 2.24) is 10.2 Å². The summed E-state index contributed by atoms with van der Waals surface area (Å²) in [5.74, 6) is -0.503. The summed E-state index contributed by atoms with van der Waals surface area (Å²) in [5, 5.41) is 21.8. The van der Waals surface area contributed by atoms with Crippen molar-refractivity contribution in [1.29, 1.82) is 0 Å². The molecule has 0 amide bonds. The molecular weight excluding hydrogens is 336 g/mol. The highest BCUT2D eigenvalue weighted by Crippen LogP contribution is 2.27. The molecule has 0 saturated heterocycles. The number of hydrogen-bond donors (Lipinski definition) is 3. The van der Waals surface area contributed by atoms with E-state index in [9.17, 15) is 9.90 Å². The lowest BCUT2D eigenvalue weighted by Crippen LogP contribution is -2.53. The molecule has 6 heteroatoms. The molecule has 0 aliphatic heterocycles. The average Bonchev–Trinajstić information content (AvgIpc) is 2.38. The minimum absolute atomic E-state index is 0.117. The van der Waals surface area contributed by atoms with E-state index in [1.807, 2.05) is 17.9 Å². The number of benzene rings is 1. The van der Waals surface area contributed by atoms with Gasteiger partial charge in [-0.1, -0.05) is 22.9 Å². The zero-order valence-electron chi connectivity index (χ0n) is 12.1. The predicted octanol–water partition coefficient (Wildman–Crippen LogP) is 2.18. The summed E-state index contributed by atoms with van der Waals surface area (Å²) in [4.78, 5) is 12.8. The molecular formula is C15H21BrN2O3. The molecule has 5 nitrogen and oxygen atoms in total. The second-order valence-corrected chi connectivity index (χ2v) is 6.29. The van der Waals surface area contributed by atoms with Crippen molar-refractivity contribution >= 4 is 21.9 Å². The van der Waals surface area contributed by atoms with Gasteiger partial charge in [0.1, 0.15) is 5.75 Å². The summed E-state index contributed by atoms with van der Waals surface area (Å²) >= 11 is 3.47. The van der Waals surface area contributed by atoms with E-state index in [0.29, 0.717) is 18.6 Å². The third kappa shape index (κ3) is 4.43. The number of halogens is 1. The molecule has 0 unspecified atom stereocenters. The SMILES string of the molecule is CCN(CC(=O)O)C1CC(NCc2cc(O)ccc2Br)C1. The Kier molecular flexibility index (Phi) is 5.61. The molecule has 2 rings (SSSR count). The van der Waals surface area contributed by atoms with Gasteiger partial charge in [-0.15, -0.1) is 0 Å². The van der Waals surface area contributed by atoms with Gasteiger partial charge in [0.25, 0.3) is 0 Å². The smallest absolute Gasteiger partial charge is 0.317 e. The first-order valence-electron chi connectivity index (χ1n) is 7.16. The van der Waals surface area contributed by atoms with Gasteiger partial charge in [0.05, 0.1) is 6.54 Å². The van der Waals surface area contributed by atoms with Crippen molar-refractivity contribution in [3.63, 3.8) is 0 Å². The Morgan fingerprint density at radius 2 is 2.19 bits per heavy atom. The van der Waals surface area contributed by atoms with E-state index in [1.54, 1.807) is 12.1 Å². The van der Waals surface area contributed by atoms with Crippen molar-refractivity contribution < 1.29 is 15.0 Å². The van der Waals surface area contributed by atoms with Crippen LogP contribution in [0.1, 0.15) is 25.3 Å². The van der Waals surface area contributed by atoms with E-state index in [1.165, 1.54) is 0 Å². The lowest BCUT2D eigenvalue weighted by Gasteiger charge is -2.42. The molecule has 116 valence electrons. The first-order valence-corrected chi connectivity index (χ1v) is 7.95. The number of nitrogens with one attached hydrogen (secondary N) is 1. The van der Waals surface area contributed by atoms with Crippen LogP contribution in [-0.4, -0.2) is 46.3 Å². The summed E-state index contributed by atoms with van der Waals surface area (Å²) < 4.78 is 0.977. The molecule has 0 bridgehead atoms. The fraction of sp³-hybridized carbons (Fsp3) is 0.533. The second-order valence-electron chi connectivity index (χ2n) is 5.44. The van der Waals surface area contributed by atoms with Gasteiger partial charge in [-0.2, -0.15) is 0 Å². The van der Waals surface area contributed by atoms with Crippen molar-refractivity contribution in [3.8, 4) is 5.75 Å². The Hall–Kier alpha value is -1.11. The van der Waals surface area contributed by atoms with E-state index < -0.39 is 5.97 Å². The summed E-state index contributed by atoms with van der Waals surface area (Å²) in [5.41, 5.74) is 1.02. The number of phenols is 1. The first kappa shape index (κ1) is 16.3. The van der Waals surface area contributed by atoms with Gasteiger partial charge >= 0.3 is 5.97 Å². The molecule has 0 spiro atoms. The van der Waals surface area contributed by atoms with Gasteiger partial charge in [-0.3, -0.25) is 9.69 Å². The van der Waals surface area contributed by atoms with Crippen LogP contribution in [0.4, 0.5) is 0 Å². The Morgan fingerprint density at radius 3 is 2.81 bits per heavy atom. The Morgan fingerprint density at radius 1 is 1.48 bits per heavy atom. The van der Waals surface area contributed by atoms with Gasteiger partial charge in [0.2, 0.25) is 0 Å². The number of carboxylic acids is 1. The predicted molar refractivity (Wildman–Crippen MR) is 84.3 cm³/mol. The standard InChI is InChI=1S/C15H21BrN2O3/c1-2-18(9-15(20)21)12-6-11(7-12)17-8-10-5-13(19)3-4-14(10)16/h3-5,11-12,17,19H,2,6-9H2,1H3,(H,20,21). The van der Waals surface area contributed by atoms with Crippen LogP contribution in [0.15, 0.2) is 22.7 Å². The van der Waals surface area contributed by atoms with Gasteiger partial charge in [0.15, 0.2) is 0 Å². The fourth-order valence-corrected chi connectivity index (χ4v) is 3.06. The average molecular weight is 357 g/mol. The minimum atomic E-state index is -0.767. The molecule has 0 radical (unpaired) electrons. The van der Waals surface area contributed by atoms with Gasteiger partial charge in [-0.25, -0.2) is 0 Å². The van der Waals surface area contributed by atoms with E-state index in [-0.39, 0.29) is 12.3 Å². The molecule has 1 aromatic rings. The van der Waals surface area contributed by atoms with Crippen LogP contribution in [0.25, 0.3) is 0 Å². The third-order valence-corrected chi connectivity index (χ3v) is 4.76. The normalized spacial score (nSPS) is 21.3. The molecule has 0 aromatic heterocycles. The molecule has 1 aliphatic carbocycles. The zero-order chi connectivity index (χ0) is 15.4. The van der Waals surface area contributed by atoms with E-state index >= 15 is 0 Å². The molecule has 3 N–H and O–H groups in total. The van der Waals surface area contributed by atoms with E-state index in [2.05, 4.69) is 21.2 Å². The maximum absolute atomic E-state index is 10.8. The fourth-order valence-electron chi connectivity index (χ4n) is 2.68. The number of nitrogens with zero attached hydrogens (tertiary/aromatic N) is 1. The summed E-state index contributed by atoms with van der Waals surface area (Å²) in [7, 11) is 0. The number of carbonyl (C=O) groups is 1. The number of aromatic hydroxyl groups is 1. The van der Waals surface area contributed by atoms with Crippen LogP contribution < -0.4 is 5.32 Å². The van der Waals surface area contributed by atoms with Crippen LogP contribution >= 0.6 is 15.9 Å². The molecule has 0 atom stereocenters. The maximum Gasteiger partial charge on any atom is 0.317 e. The molecule has 1 fully saturated rings. The summed E-state index contributed by atoms with van der Waals surface area (Å²) in [6.45, 7) is 3.57. The highest BCUT2D eigenvalue weighted by atomic mass is 79.9. The summed E-state index contributed by atoms with van der Waals surface area (Å²) in [6.07, 6.45) is 1.94. The third-order valence-electron chi connectivity index (χ3n) is 3.98. The lowest BCUT2D eigenvalue weighted by molar-refractivity contribution is -0.139. The molecule has 21 heavy (non-hydrogen) atoms. The van der Waals surface area contributed by atoms with Crippen molar-refractivity contribution in [2.24, 2.45) is 0 Å². The monoisotopic (exact) mass is 356 g/mol. The van der Waals surface area contributed by atoms with Crippen LogP contribution in [0.2, 0.25) is 0 Å². The number of rotatable bonds is 7. The number of hydrogen-bond acceptors (Lipinski definition) is 4. The summed E-state index contributed by atoms with van der Waals surface area (Å²) in [6, 6.07) is 6.00. The van der Waals surface area contributed by atoms with Crippen LogP contribution in [-0.2, 0) is 11.3 Å². The van der Waals surface area contributed by atoms with Gasteiger partial charge < -0.3 is 15.5 Å². The van der Waals surface area contributed by atoms with Crippen molar-refractivity contribution in [2.75, 3.05) is 13.1 Å². The Bertz CT molecular complexity index is 504. The minimum Gasteiger partial charge on any atom is -0.508 e. The molecule has 1 aromatic carbocycles. The van der Waals surface area contributed by atoms with Gasteiger partial charge in [0, 0.05) is 23.1 Å². The Labute approximate surface area is 133 Å². The quantitative estimate of drug-likeness (QED) is 0.698. The molecule has 1 saturated carbocycles. The second kappa shape index (κ2) is 7.24. The van der Waals surface area contributed by atoms with Crippen LogP contribution in [0.5, 0.6) is 5.75 Å². The van der Waals surface area contributed by atoms with E-state index in [0.717, 1.165) is 29.4 Å². The van der Waals surface area contributed by atoms with Gasteiger partial charge in [-0.05, 0) is 43.1 Å². The maximum atomic E-state index is 10.8. The van der Waals surface area contributed by atoms with E-state index in [4.69, 9.17) is 5.11 Å². The molecule has 1 aliphatic rings. The number of carboxylic acid groups (broad SMARTS) is 1. The zero-order valence-corrected chi connectivity index (χ0v) is 13.6. The van der Waals surface area contributed by atoms with Crippen molar-refractivity contribution in [3.05, 3.63) is 28.2 Å². The number of phenolic OH excluding ortho intramolecular Hbond substituents is 1. The van der Waals surface area contributed by atoms with Crippen molar-refractivity contribution in [2.45, 2.75) is 38.4 Å². The largest absolute Gasteiger partial charge is 0.508 e. The van der Waals surface area contributed by atoms with Crippen LogP contribution in [0, 0.1) is 0 Å². The topological polar surface area (TPSA) is 72.8 Å².